The van der Waals surface area contributed by atoms with Crippen LogP contribution in [0.1, 0.15) is 43.5 Å². The first-order chi connectivity index (χ1) is 10.9. The molecule has 6 heteroatoms. The summed E-state index contributed by atoms with van der Waals surface area (Å²) in [6.07, 6.45) is 3.24. The first-order valence-corrected chi connectivity index (χ1v) is 7.86. The lowest BCUT2D eigenvalue weighted by molar-refractivity contribution is -0.0512. The lowest BCUT2D eigenvalue weighted by Gasteiger charge is -2.34. The molecule has 0 radical (unpaired) electrons. The minimum absolute atomic E-state index is 0.0845. The molecule has 1 aromatic carbocycles. The number of rotatable bonds is 5. The summed E-state index contributed by atoms with van der Waals surface area (Å²) in [5.41, 5.74) is 0.369. The molecule has 1 aromatic rings. The highest BCUT2D eigenvalue weighted by Gasteiger charge is 2.28. The second-order valence-corrected chi connectivity index (χ2v) is 6.09. The average Bonchev–Trinajstić information content (AvgIpc) is 2.51. The van der Waals surface area contributed by atoms with E-state index in [9.17, 15) is 13.6 Å². The van der Waals surface area contributed by atoms with E-state index in [1.165, 1.54) is 31.7 Å². The van der Waals surface area contributed by atoms with Gasteiger partial charge in [0.1, 0.15) is 0 Å². The van der Waals surface area contributed by atoms with Crippen LogP contribution in [0.4, 0.5) is 8.78 Å². The normalized spacial score (nSPS) is 24.3. The van der Waals surface area contributed by atoms with Crippen molar-refractivity contribution in [2.45, 2.75) is 45.8 Å². The molecule has 128 valence electrons. The molecule has 1 fully saturated rings. The van der Waals surface area contributed by atoms with E-state index < -0.39 is 6.61 Å². The van der Waals surface area contributed by atoms with Crippen LogP contribution in [-0.2, 0) is 0 Å². The van der Waals surface area contributed by atoms with Crippen molar-refractivity contribution in [3.8, 4) is 11.5 Å². The van der Waals surface area contributed by atoms with E-state index in [0.29, 0.717) is 17.4 Å². The molecule has 0 spiro atoms. The molecule has 1 aliphatic rings. The van der Waals surface area contributed by atoms with Crippen LogP contribution in [0.5, 0.6) is 11.5 Å². The number of halogens is 2. The van der Waals surface area contributed by atoms with Gasteiger partial charge in [-0.2, -0.15) is 8.78 Å². The van der Waals surface area contributed by atoms with Gasteiger partial charge in [0, 0.05) is 11.6 Å². The van der Waals surface area contributed by atoms with Crippen molar-refractivity contribution in [3.63, 3.8) is 0 Å². The number of alkyl halides is 2. The smallest absolute Gasteiger partial charge is 0.387 e. The van der Waals surface area contributed by atoms with E-state index >= 15 is 0 Å². The van der Waals surface area contributed by atoms with Gasteiger partial charge in [-0.1, -0.05) is 26.7 Å². The molecular formula is C17H23F2NO3. The quantitative estimate of drug-likeness (QED) is 0.893. The summed E-state index contributed by atoms with van der Waals surface area (Å²) < 4.78 is 34.0. The number of hydrogen-bond acceptors (Lipinski definition) is 3. The highest BCUT2D eigenvalue weighted by molar-refractivity contribution is 5.95. The van der Waals surface area contributed by atoms with E-state index in [0.717, 1.165) is 12.8 Å². The number of carbonyl (C=O) groups is 1. The molecule has 1 amide bonds. The topological polar surface area (TPSA) is 47.6 Å². The molecule has 2 rings (SSSR count). The van der Waals surface area contributed by atoms with E-state index in [1.807, 2.05) is 0 Å². The van der Waals surface area contributed by atoms with Gasteiger partial charge in [0.2, 0.25) is 0 Å². The number of methoxy groups -OCH3 is 1. The van der Waals surface area contributed by atoms with Crippen LogP contribution in [0.3, 0.4) is 0 Å². The Hall–Kier alpha value is -1.85. The number of nitrogens with one attached hydrogen (secondary N) is 1. The van der Waals surface area contributed by atoms with Crippen molar-refractivity contribution in [1.82, 2.24) is 5.32 Å². The standard InChI is InChI=1S/C17H23F2NO3/c1-10-5-4-6-13(11(10)2)20-16(21)12-7-8-14(23-17(18)19)15(9-12)22-3/h7-11,13,17H,4-6H2,1-3H3,(H,20,21)/t10-,11-,13-/m1/s1. The molecule has 0 bridgehead atoms. The van der Waals surface area contributed by atoms with Gasteiger partial charge in [0.15, 0.2) is 11.5 Å². The van der Waals surface area contributed by atoms with Gasteiger partial charge in [0.05, 0.1) is 7.11 Å². The number of carbonyl (C=O) groups excluding carboxylic acids is 1. The summed E-state index contributed by atoms with van der Waals surface area (Å²) in [6, 6.07) is 4.35. The van der Waals surface area contributed by atoms with E-state index in [4.69, 9.17) is 4.74 Å². The van der Waals surface area contributed by atoms with Crippen LogP contribution in [0, 0.1) is 11.8 Å². The van der Waals surface area contributed by atoms with Gasteiger partial charge in [-0.05, 0) is 36.5 Å². The van der Waals surface area contributed by atoms with Crippen molar-refractivity contribution in [2.24, 2.45) is 11.8 Å². The highest BCUT2D eigenvalue weighted by Crippen LogP contribution is 2.31. The number of benzene rings is 1. The van der Waals surface area contributed by atoms with Crippen LogP contribution in [0.25, 0.3) is 0 Å². The average molecular weight is 327 g/mol. The summed E-state index contributed by atoms with van der Waals surface area (Å²) >= 11 is 0. The Morgan fingerprint density at radius 3 is 2.65 bits per heavy atom. The molecule has 1 saturated carbocycles. The predicted molar refractivity (Wildman–Crippen MR) is 83.1 cm³/mol. The maximum atomic E-state index is 12.4. The van der Waals surface area contributed by atoms with Gasteiger partial charge in [-0.3, -0.25) is 4.79 Å². The largest absolute Gasteiger partial charge is 0.493 e. The third-order valence-electron chi connectivity index (χ3n) is 4.67. The van der Waals surface area contributed by atoms with Crippen LogP contribution in [0.15, 0.2) is 18.2 Å². The minimum atomic E-state index is -2.94. The summed E-state index contributed by atoms with van der Waals surface area (Å²) in [6.45, 7) is 1.41. The van der Waals surface area contributed by atoms with Gasteiger partial charge >= 0.3 is 6.61 Å². The van der Waals surface area contributed by atoms with Crippen LogP contribution < -0.4 is 14.8 Å². The van der Waals surface area contributed by atoms with Crippen LogP contribution in [0.2, 0.25) is 0 Å². The fourth-order valence-electron chi connectivity index (χ4n) is 3.04. The van der Waals surface area contributed by atoms with Gasteiger partial charge in [-0.15, -0.1) is 0 Å². The number of amides is 1. The first-order valence-electron chi connectivity index (χ1n) is 7.86. The van der Waals surface area contributed by atoms with Crippen LogP contribution in [-0.4, -0.2) is 25.7 Å². The molecule has 0 aromatic heterocycles. The number of hydrogen-bond donors (Lipinski definition) is 1. The fourth-order valence-corrected chi connectivity index (χ4v) is 3.04. The molecule has 0 unspecified atom stereocenters. The maximum absolute atomic E-state index is 12.4. The lowest BCUT2D eigenvalue weighted by atomic mass is 9.78. The summed E-state index contributed by atoms with van der Waals surface area (Å²) in [5.74, 6) is 0.793. The Kier molecular flexibility index (Phi) is 5.80. The zero-order valence-electron chi connectivity index (χ0n) is 13.6. The lowest BCUT2D eigenvalue weighted by Crippen LogP contribution is -2.43. The van der Waals surface area contributed by atoms with Crippen molar-refractivity contribution in [1.29, 1.82) is 0 Å². The molecule has 3 atom stereocenters. The van der Waals surface area contributed by atoms with E-state index in [1.54, 1.807) is 0 Å². The van der Waals surface area contributed by atoms with E-state index in [-0.39, 0.29) is 23.4 Å². The van der Waals surface area contributed by atoms with Gasteiger partial charge < -0.3 is 14.8 Å². The molecular weight excluding hydrogens is 304 g/mol. The minimum Gasteiger partial charge on any atom is -0.493 e. The second kappa shape index (κ2) is 7.62. The summed E-state index contributed by atoms with van der Waals surface area (Å²) in [5, 5.41) is 3.04. The van der Waals surface area contributed by atoms with Crippen LogP contribution >= 0.6 is 0 Å². The molecule has 0 aliphatic heterocycles. The highest BCUT2D eigenvalue weighted by atomic mass is 19.3. The third kappa shape index (κ3) is 4.33. The maximum Gasteiger partial charge on any atom is 0.387 e. The van der Waals surface area contributed by atoms with Gasteiger partial charge in [-0.25, -0.2) is 0 Å². The van der Waals surface area contributed by atoms with Crippen molar-refractivity contribution >= 4 is 5.91 Å². The van der Waals surface area contributed by atoms with Crippen molar-refractivity contribution in [2.75, 3.05) is 7.11 Å². The monoisotopic (exact) mass is 327 g/mol. The summed E-state index contributed by atoms with van der Waals surface area (Å²) in [4.78, 5) is 12.4. The Morgan fingerprint density at radius 2 is 2.00 bits per heavy atom. The number of ether oxygens (including phenoxy) is 2. The SMILES string of the molecule is COc1cc(C(=O)N[C@@H]2CCC[C@@H](C)[C@H]2C)ccc1OC(F)F. The molecule has 1 aliphatic carbocycles. The Labute approximate surface area is 135 Å². The third-order valence-corrected chi connectivity index (χ3v) is 4.67. The predicted octanol–water partition coefficient (Wildman–Crippen LogP) is 3.85. The van der Waals surface area contributed by atoms with Crippen molar-refractivity contribution < 1.29 is 23.0 Å². The molecule has 4 nitrogen and oxygen atoms in total. The molecule has 1 N–H and O–H groups in total. The first kappa shape index (κ1) is 17.5. The Morgan fingerprint density at radius 1 is 1.26 bits per heavy atom. The van der Waals surface area contributed by atoms with Crippen molar-refractivity contribution in [3.05, 3.63) is 23.8 Å². The summed E-state index contributed by atoms with van der Waals surface area (Å²) in [7, 11) is 1.35. The Balaban J connectivity index is 2.10. The second-order valence-electron chi connectivity index (χ2n) is 6.09. The molecule has 0 heterocycles. The molecule has 0 saturated heterocycles. The fraction of sp³-hybridized carbons (Fsp3) is 0.588. The molecule has 23 heavy (non-hydrogen) atoms. The van der Waals surface area contributed by atoms with E-state index in [2.05, 4.69) is 23.9 Å². The zero-order valence-corrected chi connectivity index (χ0v) is 13.6. The zero-order chi connectivity index (χ0) is 17.0. The van der Waals surface area contributed by atoms with Gasteiger partial charge in [0.25, 0.3) is 5.91 Å². The Bertz CT molecular complexity index is 551.